The van der Waals surface area contributed by atoms with Crippen LogP contribution >= 0.6 is 23.1 Å². The van der Waals surface area contributed by atoms with E-state index in [0.717, 1.165) is 34.0 Å². The summed E-state index contributed by atoms with van der Waals surface area (Å²) in [5, 5.41) is 5.98. The summed E-state index contributed by atoms with van der Waals surface area (Å²) in [6, 6.07) is 14.1. The van der Waals surface area contributed by atoms with E-state index in [9.17, 15) is 4.79 Å². The normalized spacial score (nSPS) is 18.2. The lowest BCUT2D eigenvalue weighted by Gasteiger charge is -2.27. The van der Waals surface area contributed by atoms with Gasteiger partial charge in [-0.1, -0.05) is 54.6 Å². The van der Waals surface area contributed by atoms with Gasteiger partial charge in [0.15, 0.2) is 5.66 Å². The second kappa shape index (κ2) is 8.40. The Hall–Kier alpha value is -1.92. The Morgan fingerprint density at radius 1 is 1.07 bits per heavy atom. The predicted molar refractivity (Wildman–Crippen MR) is 115 cm³/mol. The van der Waals surface area contributed by atoms with Crippen LogP contribution in [0.1, 0.15) is 42.5 Å². The number of nitrogens with zero attached hydrogens (tertiary/aromatic N) is 2. The van der Waals surface area contributed by atoms with Gasteiger partial charge < -0.3 is 5.32 Å². The number of hydrogen-bond donors (Lipinski definition) is 1. The summed E-state index contributed by atoms with van der Waals surface area (Å²) in [6.07, 6.45) is 5.67. The predicted octanol–water partition coefficient (Wildman–Crippen LogP) is 4.66. The Balaban J connectivity index is 1.41. The Kier molecular flexibility index (Phi) is 5.74. The molecule has 6 heteroatoms. The molecule has 1 aromatic heterocycles. The minimum atomic E-state index is -0.277. The fraction of sp³-hybridized carbons (Fsp3) is 0.381. The zero-order valence-electron chi connectivity index (χ0n) is 15.2. The molecule has 1 saturated carbocycles. The molecule has 0 bridgehead atoms. The molecule has 2 heterocycles. The molecule has 4 nitrogen and oxygen atoms in total. The number of thioether (sulfide) groups is 1. The first-order valence-corrected chi connectivity index (χ1v) is 11.3. The molecule has 1 spiro atoms. The van der Waals surface area contributed by atoms with Crippen molar-refractivity contribution in [3.05, 3.63) is 58.3 Å². The average Bonchev–Trinajstić information content (AvgIpc) is 3.35. The van der Waals surface area contributed by atoms with Crippen LogP contribution in [0.25, 0.3) is 0 Å². The smallest absolute Gasteiger partial charge is 0.230 e. The molecule has 0 radical (unpaired) electrons. The van der Waals surface area contributed by atoms with Crippen molar-refractivity contribution in [2.75, 3.05) is 5.75 Å². The molecule has 1 aliphatic carbocycles. The van der Waals surface area contributed by atoms with E-state index in [1.807, 2.05) is 36.4 Å². The number of hydrogen-bond acceptors (Lipinski definition) is 5. The monoisotopic (exact) mass is 397 g/mol. The lowest BCUT2D eigenvalue weighted by Crippen LogP contribution is -2.26. The number of carbonyl (C=O) groups excluding carboxylic acids is 1. The van der Waals surface area contributed by atoms with Crippen molar-refractivity contribution in [3.63, 3.8) is 0 Å². The SMILES string of the molecule is O=C(CSC1=NC2(CCCCC2)N=C1c1cccs1)NCc1ccccc1. The number of nitrogens with one attached hydrogen (secondary N) is 1. The first kappa shape index (κ1) is 18.4. The van der Waals surface area contributed by atoms with E-state index in [2.05, 4.69) is 16.8 Å². The number of rotatable bonds is 5. The van der Waals surface area contributed by atoms with E-state index >= 15 is 0 Å². The van der Waals surface area contributed by atoms with Crippen LogP contribution in [0.4, 0.5) is 0 Å². The van der Waals surface area contributed by atoms with E-state index in [1.54, 1.807) is 11.3 Å². The van der Waals surface area contributed by atoms with Crippen molar-refractivity contribution in [1.82, 2.24) is 5.32 Å². The molecule has 140 valence electrons. The van der Waals surface area contributed by atoms with E-state index in [1.165, 1.54) is 31.0 Å². The van der Waals surface area contributed by atoms with Gasteiger partial charge in [0.25, 0.3) is 0 Å². The minimum Gasteiger partial charge on any atom is -0.351 e. The van der Waals surface area contributed by atoms with Gasteiger partial charge in [-0.2, -0.15) is 0 Å². The quantitative estimate of drug-likeness (QED) is 0.798. The highest BCUT2D eigenvalue weighted by Gasteiger charge is 2.38. The molecule has 4 rings (SSSR count). The summed E-state index contributed by atoms with van der Waals surface area (Å²) in [5.41, 5.74) is 1.81. The molecule has 27 heavy (non-hydrogen) atoms. The van der Waals surface area contributed by atoms with Gasteiger partial charge in [-0.3, -0.25) is 9.79 Å². The van der Waals surface area contributed by atoms with Crippen molar-refractivity contribution in [2.45, 2.75) is 44.3 Å². The summed E-state index contributed by atoms with van der Waals surface area (Å²) >= 11 is 3.20. The van der Waals surface area contributed by atoms with Crippen LogP contribution < -0.4 is 5.32 Å². The van der Waals surface area contributed by atoms with Gasteiger partial charge in [-0.15, -0.1) is 11.3 Å². The maximum absolute atomic E-state index is 12.3. The minimum absolute atomic E-state index is 0.0293. The topological polar surface area (TPSA) is 53.8 Å². The Morgan fingerprint density at radius 3 is 2.63 bits per heavy atom. The molecule has 1 aliphatic heterocycles. The second-order valence-electron chi connectivity index (χ2n) is 6.95. The summed E-state index contributed by atoms with van der Waals surface area (Å²) in [6.45, 7) is 0.558. The highest BCUT2D eigenvalue weighted by Crippen LogP contribution is 2.39. The van der Waals surface area contributed by atoms with Gasteiger partial charge in [0.05, 0.1) is 10.6 Å². The van der Waals surface area contributed by atoms with Crippen LogP contribution in [0.15, 0.2) is 57.8 Å². The largest absolute Gasteiger partial charge is 0.351 e. The van der Waals surface area contributed by atoms with Crippen molar-refractivity contribution in [2.24, 2.45) is 9.98 Å². The Labute approximate surface area is 168 Å². The molecular weight excluding hydrogens is 374 g/mol. The summed E-state index contributed by atoms with van der Waals surface area (Å²) < 4.78 is 0. The fourth-order valence-corrected chi connectivity index (χ4v) is 5.20. The molecule has 0 atom stereocenters. The lowest BCUT2D eigenvalue weighted by molar-refractivity contribution is -0.118. The standard InChI is InChI=1S/C21H23N3OS2/c25-18(22-14-16-8-3-1-4-9-16)15-27-20-19(17-10-7-13-26-17)23-21(24-20)11-5-2-6-12-21/h1,3-4,7-10,13H,2,5-6,11-12,14-15H2,(H,22,25). The van der Waals surface area contributed by atoms with E-state index in [-0.39, 0.29) is 11.6 Å². The van der Waals surface area contributed by atoms with Crippen molar-refractivity contribution in [1.29, 1.82) is 0 Å². The molecule has 0 saturated heterocycles. The van der Waals surface area contributed by atoms with Gasteiger partial charge in [0.2, 0.25) is 5.91 Å². The number of aliphatic imine (C=N–C) groups is 2. The van der Waals surface area contributed by atoms with E-state index in [4.69, 9.17) is 9.98 Å². The van der Waals surface area contributed by atoms with Crippen LogP contribution in [0.3, 0.4) is 0 Å². The van der Waals surface area contributed by atoms with Crippen molar-refractivity contribution >= 4 is 39.8 Å². The average molecular weight is 398 g/mol. The van der Waals surface area contributed by atoms with Crippen LogP contribution in [0, 0.1) is 0 Å². The first-order valence-electron chi connectivity index (χ1n) is 9.41. The zero-order valence-corrected chi connectivity index (χ0v) is 16.8. The van der Waals surface area contributed by atoms with E-state index in [0.29, 0.717) is 12.3 Å². The number of benzene rings is 1. The molecule has 1 aromatic carbocycles. The molecular formula is C21H23N3OS2. The van der Waals surface area contributed by atoms with Crippen LogP contribution in [0.5, 0.6) is 0 Å². The third kappa shape index (κ3) is 4.50. The number of amides is 1. The summed E-state index contributed by atoms with van der Waals surface area (Å²) in [5.74, 6) is 0.397. The van der Waals surface area contributed by atoms with Crippen LogP contribution in [-0.4, -0.2) is 28.1 Å². The van der Waals surface area contributed by atoms with Crippen molar-refractivity contribution < 1.29 is 4.79 Å². The number of thiophene rings is 1. The van der Waals surface area contributed by atoms with Crippen molar-refractivity contribution in [3.8, 4) is 0 Å². The lowest BCUT2D eigenvalue weighted by atomic mass is 9.90. The number of carbonyl (C=O) groups is 1. The third-order valence-corrected chi connectivity index (χ3v) is 6.75. The molecule has 1 amide bonds. The highest BCUT2D eigenvalue weighted by molar-refractivity contribution is 8.16. The Morgan fingerprint density at radius 2 is 1.89 bits per heavy atom. The molecule has 2 aromatic rings. The maximum atomic E-state index is 12.3. The van der Waals surface area contributed by atoms with Crippen LogP contribution in [0.2, 0.25) is 0 Å². The third-order valence-electron chi connectivity index (χ3n) is 4.91. The summed E-state index contributed by atoms with van der Waals surface area (Å²) in [7, 11) is 0. The van der Waals surface area contributed by atoms with Gasteiger partial charge in [0, 0.05) is 6.54 Å². The van der Waals surface area contributed by atoms with Crippen LogP contribution in [-0.2, 0) is 11.3 Å². The summed E-state index contributed by atoms with van der Waals surface area (Å²) in [4.78, 5) is 23.5. The van der Waals surface area contributed by atoms with Gasteiger partial charge in [0.1, 0.15) is 10.8 Å². The zero-order chi connectivity index (χ0) is 18.5. The Bertz CT molecular complexity index is 838. The first-order chi connectivity index (χ1) is 13.2. The van der Waals surface area contributed by atoms with Gasteiger partial charge in [-0.25, -0.2) is 4.99 Å². The molecule has 0 unspecified atom stereocenters. The molecule has 1 fully saturated rings. The van der Waals surface area contributed by atoms with Gasteiger partial charge >= 0.3 is 0 Å². The van der Waals surface area contributed by atoms with E-state index < -0.39 is 0 Å². The molecule has 1 N–H and O–H groups in total. The molecule has 2 aliphatic rings. The maximum Gasteiger partial charge on any atom is 0.230 e. The highest BCUT2D eigenvalue weighted by atomic mass is 32.2. The fourth-order valence-electron chi connectivity index (χ4n) is 3.52. The van der Waals surface area contributed by atoms with Gasteiger partial charge in [-0.05, 0) is 42.7 Å². The second-order valence-corrected chi connectivity index (χ2v) is 8.86.